The molecule has 0 aliphatic carbocycles. The lowest BCUT2D eigenvalue weighted by atomic mass is 10.0. The molecule has 2 rings (SSSR count). The molecule has 1 fully saturated rings. The van der Waals surface area contributed by atoms with Gasteiger partial charge in [-0.3, -0.25) is 19.4 Å². The molecular weight excluding hydrogens is 456 g/mol. The van der Waals surface area contributed by atoms with E-state index in [0.29, 0.717) is 25.9 Å². The maximum atomic E-state index is 13.1. The van der Waals surface area contributed by atoms with Gasteiger partial charge in [0.15, 0.2) is 0 Å². The quantitative estimate of drug-likeness (QED) is 0.507. The van der Waals surface area contributed by atoms with Gasteiger partial charge >= 0.3 is 12.1 Å². The minimum absolute atomic E-state index is 0.0355. The maximum Gasteiger partial charge on any atom is 0.426 e. The summed E-state index contributed by atoms with van der Waals surface area (Å²) in [6, 6.07) is 0.827. The molecule has 2 heterocycles. The molecule has 11 nitrogen and oxygen atoms in total. The molecule has 0 unspecified atom stereocenters. The number of ether oxygens (including phenoxy) is 2. The number of carbonyl (C=O) groups is 4. The molecule has 1 N–H and O–H groups in total. The van der Waals surface area contributed by atoms with E-state index < -0.39 is 34.7 Å². The summed E-state index contributed by atoms with van der Waals surface area (Å²) < 4.78 is 12.0. The summed E-state index contributed by atoms with van der Waals surface area (Å²) in [6.45, 7) is 12.6. The van der Waals surface area contributed by atoms with Crippen molar-refractivity contribution in [3.05, 3.63) is 33.7 Å². The molecule has 1 aromatic heterocycles. The zero-order valence-corrected chi connectivity index (χ0v) is 21.8. The number of hydrogen-bond donors (Lipinski definition) is 1. The van der Waals surface area contributed by atoms with Crippen molar-refractivity contribution in [1.82, 2.24) is 19.9 Å². The van der Waals surface area contributed by atoms with Crippen molar-refractivity contribution in [3.63, 3.8) is 0 Å². The molecule has 1 aromatic rings. The van der Waals surface area contributed by atoms with E-state index in [4.69, 9.17) is 9.47 Å². The molecule has 0 radical (unpaired) electrons. The Morgan fingerprint density at radius 2 is 1.51 bits per heavy atom. The van der Waals surface area contributed by atoms with Crippen LogP contribution in [0.3, 0.4) is 0 Å². The Balaban J connectivity index is 2.41. The Bertz CT molecular complexity index is 1040. The first-order valence-corrected chi connectivity index (χ1v) is 11.5. The van der Waals surface area contributed by atoms with Gasteiger partial charge in [0.25, 0.3) is 11.5 Å². The van der Waals surface area contributed by atoms with E-state index in [1.807, 2.05) is 0 Å². The van der Waals surface area contributed by atoms with Crippen molar-refractivity contribution in [3.8, 4) is 0 Å². The van der Waals surface area contributed by atoms with Gasteiger partial charge in [-0.1, -0.05) is 0 Å². The molecule has 1 aliphatic rings. The number of nitrogens with zero attached hydrogens (tertiary/aromatic N) is 3. The summed E-state index contributed by atoms with van der Waals surface area (Å²) in [4.78, 5) is 64.6. The molecule has 0 aromatic carbocycles. The Labute approximate surface area is 205 Å². The van der Waals surface area contributed by atoms with Crippen molar-refractivity contribution in [1.29, 1.82) is 0 Å². The van der Waals surface area contributed by atoms with Gasteiger partial charge < -0.3 is 18.9 Å². The lowest BCUT2D eigenvalue weighted by molar-refractivity contribution is -0.130. The fourth-order valence-corrected chi connectivity index (χ4v) is 3.63. The van der Waals surface area contributed by atoms with Crippen LogP contribution in [0.5, 0.6) is 0 Å². The third-order valence-electron chi connectivity index (χ3n) is 5.20. The molecule has 0 saturated carbocycles. The third-order valence-corrected chi connectivity index (χ3v) is 5.20. The number of amides is 3. The molecule has 0 spiro atoms. The SMILES string of the molecule is CC(=O)N1CCC(n2cc(C(=O)OC(C)(C)C)c(C(=O)N(C)NC(=O)OC(C)(C)C)cc2=O)CC1. The smallest absolute Gasteiger partial charge is 0.426 e. The molecule has 1 aliphatic heterocycles. The van der Waals surface area contributed by atoms with Crippen LogP contribution < -0.4 is 11.0 Å². The minimum Gasteiger partial charge on any atom is -0.456 e. The van der Waals surface area contributed by atoms with Crippen molar-refractivity contribution >= 4 is 23.9 Å². The second kappa shape index (κ2) is 10.5. The van der Waals surface area contributed by atoms with Crippen LogP contribution in [0.4, 0.5) is 4.79 Å². The van der Waals surface area contributed by atoms with Gasteiger partial charge in [-0.05, 0) is 54.4 Å². The van der Waals surface area contributed by atoms with E-state index in [2.05, 4.69) is 5.43 Å². The normalized spacial score (nSPS) is 14.8. The van der Waals surface area contributed by atoms with Gasteiger partial charge in [0.1, 0.15) is 11.2 Å². The van der Waals surface area contributed by atoms with Gasteiger partial charge in [0, 0.05) is 45.4 Å². The number of esters is 1. The average Bonchev–Trinajstić information content (AvgIpc) is 2.70. The molecule has 35 heavy (non-hydrogen) atoms. The Kier molecular flexibility index (Phi) is 8.35. The van der Waals surface area contributed by atoms with Gasteiger partial charge in [-0.25, -0.2) is 15.0 Å². The molecule has 3 amide bonds. The number of nitrogens with one attached hydrogen (secondary N) is 1. The van der Waals surface area contributed by atoms with Crippen LogP contribution >= 0.6 is 0 Å². The van der Waals surface area contributed by atoms with E-state index >= 15 is 0 Å². The summed E-state index contributed by atoms with van der Waals surface area (Å²) in [7, 11) is 1.29. The second-order valence-corrected chi connectivity index (χ2v) is 10.6. The summed E-state index contributed by atoms with van der Waals surface area (Å²) in [5.41, 5.74) is -0.127. The number of carbonyl (C=O) groups excluding carboxylic acids is 4. The van der Waals surface area contributed by atoms with Crippen molar-refractivity contribution < 1.29 is 28.7 Å². The Hall–Kier alpha value is -3.37. The van der Waals surface area contributed by atoms with Crippen molar-refractivity contribution in [2.24, 2.45) is 0 Å². The monoisotopic (exact) mass is 492 g/mol. The lowest BCUT2D eigenvalue weighted by Crippen LogP contribution is -2.46. The zero-order chi connectivity index (χ0) is 26.7. The molecule has 11 heteroatoms. The predicted molar refractivity (Wildman–Crippen MR) is 128 cm³/mol. The number of rotatable bonds is 3. The fourth-order valence-electron chi connectivity index (χ4n) is 3.63. The third kappa shape index (κ3) is 7.83. The first-order valence-electron chi connectivity index (χ1n) is 11.5. The van der Waals surface area contributed by atoms with Crippen LogP contribution in [-0.2, 0) is 14.3 Å². The summed E-state index contributed by atoms with van der Waals surface area (Å²) in [5, 5.41) is 0.854. The lowest BCUT2D eigenvalue weighted by Gasteiger charge is -2.32. The number of likely N-dealkylation sites (tertiary alicyclic amines) is 1. The highest BCUT2D eigenvalue weighted by atomic mass is 16.6. The summed E-state index contributed by atoms with van der Waals surface area (Å²) >= 11 is 0. The molecule has 1 saturated heterocycles. The largest absolute Gasteiger partial charge is 0.456 e. The highest BCUT2D eigenvalue weighted by Crippen LogP contribution is 2.23. The first kappa shape index (κ1) is 27.9. The van der Waals surface area contributed by atoms with Crippen LogP contribution in [-0.4, -0.2) is 69.7 Å². The minimum atomic E-state index is -0.863. The van der Waals surface area contributed by atoms with E-state index in [1.54, 1.807) is 46.4 Å². The summed E-state index contributed by atoms with van der Waals surface area (Å²) in [6.07, 6.45) is 1.53. The second-order valence-electron chi connectivity index (χ2n) is 10.6. The summed E-state index contributed by atoms with van der Waals surface area (Å²) in [5.74, 6) is -1.60. The number of pyridine rings is 1. The fraction of sp³-hybridized carbons (Fsp3) is 0.625. The van der Waals surface area contributed by atoms with Crippen molar-refractivity contribution in [2.45, 2.75) is 78.6 Å². The van der Waals surface area contributed by atoms with E-state index in [1.165, 1.54) is 24.7 Å². The number of hydrogen-bond acceptors (Lipinski definition) is 7. The molecule has 0 bridgehead atoms. The highest BCUT2D eigenvalue weighted by molar-refractivity contribution is 6.05. The Morgan fingerprint density at radius 3 is 2.00 bits per heavy atom. The van der Waals surface area contributed by atoms with Crippen molar-refractivity contribution in [2.75, 3.05) is 20.1 Å². The van der Waals surface area contributed by atoms with Crippen LogP contribution in [0.1, 0.15) is 88.1 Å². The average molecular weight is 493 g/mol. The molecular formula is C24H36N4O7. The number of piperidine rings is 1. The van der Waals surface area contributed by atoms with Crippen LogP contribution in [0.25, 0.3) is 0 Å². The topological polar surface area (TPSA) is 127 Å². The highest BCUT2D eigenvalue weighted by Gasteiger charge is 2.30. The van der Waals surface area contributed by atoms with E-state index in [0.717, 1.165) is 11.1 Å². The molecule has 0 atom stereocenters. The van der Waals surface area contributed by atoms with Crippen LogP contribution in [0.15, 0.2) is 17.1 Å². The zero-order valence-electron chi connectivity index (χ0n) is 21.8. The number of hydrazine groups is 1. The van der Waals surface area contributed by atoms with Gasteiger partial charge in [-0.15, -0.1) is 0 Å². The maximum absolute atomic E-state index is 13.1. The molecule has 194 valence electrons. The van der Waals surface area contributed by atoms with E-state index in [9.17, 15) is 24.0 Å². The Morgan fingerprint density at radius 1 is 0.971 bits per heavy atom. The standard InChI is InChI=1S/C24H36N4O7/c1-15(29)27-11-9-16(10-12-27)28-14-18(21(32)34-23(2,3)4)17(13-19(28)30)20(31)26(8)25-22(33)35-24(5,6)7/h13-14,16H,9-12H2,1-8H3,(H,25,33). The van der Waals surface area contributed by atoms with Crippen LogP contribution in [0.2, 0.25) is 0 Å². The first-order chi connectivity index (χ1) is 16.0. The van der Waals surface area contributed by atoms with E-state index in [-0.39, 0.29) is 23.1 Å². The van der Waals surface area contributed by atoms with Gasteiger partial charge in [0.2, 0.25) is 5.91 Å². The van der Waals surface area contributed by atoms with Crippen LogP contribution in [0, 0.1) is 0 Å². The number of aromatic nitrogens is 1. The van der Waals surface area contributed by atoms with Gasteiger partial charge in [-0.2, -0.15) is 0 Å². The predicted octanol–water partition coefficient (Wildman–Crippen LogP) is 2.50. The van der Waals surface area contributed by atoms with Gasteiger partial charge in [0.05, 0.1) is 11.1 Å².